The van der Waals surface area contributed by atoms with Gasteiger partial charge in [0.1, 0.15) is 6.04 Å². The third kappa shape index (κ3) is 4.37. The molecule has 0 aliphatic rings. The zero-order valence-electron chi connectivity index (χ0n) is 12.9. The fourth-order valence-corrected chi connectivity index (χ4v) is 3.34. The summed E-state index contributed by atoms with van der Waals surface area (Å²) in [6, 6.07) is 6.76. The minimum absolute atomic E-state index is 0.0436. The highest BCUT2D eigenvalue weighted by Crippen LogP contribution is 2.15. The largest absolute Gasteiger partial charge is 0.480 e. The van der Waals surface area contributed by atoms with Crippen molar-refractivity contribution in [2.24, 2.45) is 0 Å². The Balaban J connectivity index is 2.24. The van der Waals surface area contributed by atoms with Crippen LogP contribution in [0.25, 0.3) is 0 Å². The highest BCUT2D eigenvalue weighted by molar-refractivity contribution is 7.89. The van der Waals surface area contributed by atoms with Crippen molar-refractivity contribution < 1.29 is 18.3 Å². The molecule has 2 aromatic rings. The number of aryl methyl sites for hydroxylation is 2. The van der Waals surface area contributed by atoms with Gasteiger partial charge in [-0.2, -0.15) is 4.72 Å². The molecule has 0 bridgehead atoms. The number of aromatic nitrogens is 1. The first kappa shape index (κ1) is 17.1. The number of benzene rings is 1. The van der Waals surface area contributed by atoms with Gasteiger partial charge in [0.15, 0.2) is 0 Å². The van der Waals surface area contributed by atoms with Crippen molar-refractivity contribution in [2.75, 3.05) is 0 Å². The number of nitrogens with one attached hydrogen (secondary N) is 1. The van der Waals surface area contributed by atoms with Gasteiger partial charge in [-0.05, 0) is 61.2 Å². The van der Waals surface area contributed by atoms with Crippen LogP contribution in [0.5, 0.6) is 0 Å². The van der Waals surface area contributed by atoms with Crippen LogP contribution >= 0.6 is 0 Å². The lowest BCUT2D eigenvalue weighted by Crippen LogP contribution is -2.42. The monoisotopic (exact) mass is 334 g/mol. The molecule has 0 aliphatic carbocycles. The smallest absolute Gasteiger partial charge is 0.322 e. The molecule has 0 fully saturated rings. The molecule has 1 aromatic heterocycles. The number of hydrogen-bond acceptors (Lipinski definition) is 4. The molecule has 23 heavy (non-hydrogen) atoms. The molecule has 1 heterocycles. The van der Waals surface area contributed by atoms with Crippen LogP contribution in [0.4, 0.5) is 0 Å². The van der Waals surface area contributed by atoms with Crippen LogP contribution in [0.1, 0.15) is 16.7 Å². The van der Waals surface area contributed by atoms with E-state index in [1.807, 2.05) is 6.92 Å². The zero-order valence-corrected chi connectivity index (χ0v) is 13.7. The van der Waals surface area contributed by atoms with Gasteiger partial charge in [0, 0.05) is 12.4 Å². The first-order valence-electron chi connectivity index (χ1n) is 7.01. The maximum absolute atomic E-state index is 12.4. The van der Waals surface area contributed by atoms with Crippen molar-refractivity contribution in [3.63, 3.8) is 0 Å². The molecule has 0 amide bonds. The molecule has 0 aliphatic heterocycles. The Morgan fingerprint density at radius 1 is 1.17 bits per heavy atom. The second-order valence-electron chi connectivity index (χ2n) is 5.32. The van der Waals surface area contributed by atoms with E-state index in [1.165, 1.54) is 24.5 Å². The molecule has 2 N–H and O–H groups in total. The normalized spacial score (nSPS) is 12.8. The lowest BCUT2D eigenvalue weighted by molar-refractivity contribution is -0.138. The third-order valence-electron chi connectivity index (χ3n) is 3.57. The summed E-state index contributed by atoms with van der Waals surface area (Å²) in [6.07, 6.45) is 3.11. The van der Waals surface area contributed by atoms with Crippen LogP contribution in [0.2, 0.25) is 0 Å². The van der Waals surface area contributed by atoms with Crippen molar-refractivity contribution in [2.45, 2.75) is 31.2 Å². The number of aliphatic carboxylic acids is 1. The van der Waals surface area contributed by atoms with Crippen LogP contribution in [-0.4, -0.2) is 30.5 Å². The Bertz CT molecular complexity index is 804. The van der Waals surface area contributed by atoms with Gasteiger partial charge in [-0.1, -0.05) is 6.07 Å². The van der Waals surface area contributed by atoms with Crippen LogP contribution in [-0.2, 0) is 21.2 Å². The molecule has 2 rings (SSSR count). The lowest BCUT2D eigenvalue weighted by atomic mass is 10.1. The van der Waals surface area contributed by atoms with Crippen molar-refractivity contribution in [1.82, 2.24) is 9.71 Å². The number of carboxylic acids is 1. The number of carboxylic acid groups (broad SMARTS) is 1. The van der Waals surface area contributed by atoms with E-state index in [-0.39, 0.29) is 11.3 Å². The Hall–Kier alpha value is -2.25. The van der Waals surface area contributed by atoms with Crippen molar-refractivity contribution >= 4 is 16.0 Å². The molecule has 0 saturated heterocycles. The van der Waals surface area contributed by atoms with Crippen LogP contribution in [0, 0.1) is 13.8 Å². The SMILES string of the molecule is Cc1ccc(S(=O)(=O)NC(Cc2ccncc2)C(=O)O)cc1C. The van der Waals surface area contributed by atoms with Crippen molar-refractivity contribution in [1.29, 1.82) is 0 Å². The fraction of sp³-hybridized carbons (Fsp3) is 0.250. The summed E-state index contributed by atoms with van der Waals surface area (Å²) >= 11 is 0. The second kappa shape index (κ2) is 6.89. The Morgan fingerprint density at radius 2 is 1.83 bits per heavy atom. The summed E-state index contributed by atoms with van der Waals surface area (Å²) in [6.45, 7) is 3.68. The van der Waals surface area contributed by atoms with E-state index < -0.39 is 22.0 Å². The number of nitrogens with zero attached hydrogens (tertiary/aromatic N) is 1. The van der Waals surface area contributed by atoms with Crippen LogP contribution in [0.15, 0.2) is 47.6 Å². The van der Waals surface area contributed by atoms with Gasteiger partial charge < -0.3 is 5.11 Å². The topological polar surface area (TPSA) is 96.4 Å². The summed E-state index contributed by atoms with van der Waals surface area (Å²) < 4.78 is 27.1. The summed E-state index contributed by atoms with van der Waals surface area (Å²) in [5.41, 5.74) is 2.49. The van der Waals surface area contributed by atoms with E-state index in [4.69, 9.17) is 0 Å². The van der Waals surface area contributed by atoms with Gasteiger partial charge in [0.2, 0.25) is 10.0 Å². The van der Waals surface area contributed by atoms with Crippen molar-refractivity contribution in [3.05, 3.63) is 59.4 Å². The fourth-order valence-electron chi connectivity index (χ4n) is 2.07. The Morgan fingerprint density at radius 3 is 2.39 bits per heavy atom. The molecule has 1 unspecified atom stereocenters. The van der Waals surface area contributed by atoms with E-state index >= 15 is 0 Å². The zero-order chi connectivity index (χ0) is 17.0. The van der Waals surface area contributed by atoms with Gasteiger partial charge in [-0.25, -0.2) is 8.42 Å². The Labute approximate surface area is 135 Å². The van der Waals surface area contributed by atoms with E-state index in [1.54, 1.807) is 25.1 Å². The first-order valence-corrected chi connectivity index (χ1v) is 8.49. The Kier molecular flexibility index (Phi) is 5.12. The second-order valence-corrected chi connectivity index (χ2v) is 7.03. The predicted molar refractivity (Wildman–Crippen MR) is 85.6 cm³/mol. The van der Waals surface area contributed by atoms with Gasteiger partial charge in [-0.15, -0.1) is 0 Å². The predicted octanol–water partition coefficient (Wildman–Crippen LogP) is 1.67. The van der Waals surface area contributed by atoms with E-state index in [2.05, 4.69) is 9.71 Å². The van der Waals surface area contributed by atoms with E-state index in [9.17, 15) is 18.3 Å². The molecule has 0 saturated carbocycles. The average Bonchev–Trinajstić information content (AvgIpc) is 2.50. The quantitative estimate of drug-likeness (QED) is 0.838. The molecular weight excluding hydrogens is 316 g/mol. The van der Waals surface area contributed by atoms with Gasteiger partial charge in [-0.3, -0.25) is 9.78 Å². The standard InChI is InChI=1S/C16H18N2O4S/c1-11-3-4-14(9-12(11)2)23(21,22)18-15(16(19)20)10-13-5-7-17-8-6-13/h3-9,15,18H,10H2,1-2H3,(H,19,20). The summed E-state index contributed by atoms with van der Waals surface area (Å²) in [7, 11) is -3.91. The van der Waals surface area contributed by atoms with E-state index in [0.717, 1.165) is 11.1 Å². The summed E-state index contributed by atoms with van der Waals surface area (Å²) in [5.74, 6) is -1.23. The molecule has 1 atom stereocenters. The highest BCUT2D eigenvalue weighted by Gasteiger charge is 2.25. The van der Waals surface area contributed by atoms with Crippen molar-refractivity contribution in [3.8, 4) is 0 Å². The molecular formula is C16H18N2O4S. The van der Waals surface area contributed by atoms with E-state index in [0.29, 0.717) is 5.56 Å². The van der Waals surface area contributed by atoms with Gasteiger partial charge >= 0.3 is 5.97 Å². The van der Waals surface area contributed by atoms with Gasteiger partial charge in [0.05, 0.1) is 4.90 Å². The van der Waals surface area contributed by atoms with Gasteiger partial charge in [0.25, 0.3) is 0 Å². The third-order valence-corrected chi connectivity index (χ3v) is 5.04. The minimum Gasteiger partial charge on any atom is -0.480 e. The number of carbonyl (C=O) groups is 1. The molecule has 122 valence electrons. The molecule has 0 radical (unpaired) electrons. The highest BCUT2D eigenvalue weighted by atomic mass is 32.2. The summed E-state index contributed by atoms with van der Waals surface area (Å²) in [4.78, 5) is 15.3. The number of sulfonamides is 1. The average molecular weight is 334 g/mol. The molecule has 7 heteroatoms. The lowest BCUT2D eigenvalue weighted by Gasteiger charge is -2.15. The first-order chi connectivity index (χ1) is 10.8. The number of rotatable bonds is 6. The molecule has 6 nitrogen and oxygen atoms in total. The summed E-state index contributed by atoms with van der Waals surface area (Å²) in [5, 5.41) is 9.30. The minimum atomic E-state index is -3.91. The van der Waals surface area contributed by atoms with Crippen LogP contribution < -0.4 is 4.72 Å². The van der Waals surface area contributed by atoms with Crippen LogP contribution in [0.3, 0.4) is 0 Å². The number of pyridine rings is 1. The maximum Gasteiger partial charge on any atom is 0.322 e. The molecule has 0 spiro atoms. The molecule has 1 aromatic carbocycles. The number of hydrogen-bond donors (Lipinski definition) is 2. The maximum atomic E-state index is 12.4.